The minimum absolute atomic E-state index is 0.305. The lowest BCUT2D eigenvalue weighted by Gasteiger charge is -2.11. The second-order valence-corrected chi connectivity index (χ2v) is 3.68. The molecule has 0 spiro atoms. The Balaban J connectivity index is 2.76. The van der Waals surface area contributed by atoms with E-state index in [9.17, 15) is 14.0 Å². The topological polar surface area (TPSA) is 55.4 Å². The summed E-state index contributed by atoms with van der Waals surface area (Å²) >= 11 is 0. The molecule has 1 rings (SSSR count). The second-order valence-electron chi connectivity index (χ2n) is 3.68. The molecule has 1 amide bonds. The molecule has 0 aromatic heterocycles. The van der Waals surface area contributed by atoms with Gasteiger partial charge in [0.05, 0.1) is 7.11 Å². The van der Waals surface area contributed by atoms with Crippen molar-refractivity contribution in [2.75, 3.05) is 7.11 Å². The van der Waals surface area contributed by atoms with Crippen LogP contribution >= 0.6 is 0 Å². The lowest BCUT2D eigenvalue weighted by molar-refractivity contribution is -0.142. The fourth-order valence-electron chi connectivity index (χ4n) is 1.30. The predicted octanol–water partition coefficient (Wildman–Crippen LogP) is 1.43. The SMILES string of the molecule is COC(=O)C(C)NC(=O)c1ccc(F)c(C)c1. The molecule has 1 aromatic carbocycles. The van der Waals surface area contributed by atoms with Crippen LogP contribution in [-0.4, -0.2) is 25.0 Å². The van der Waals surface area contributed by atoms with E-state index in [2.05, 4.69) is 10.1 Å². The lowest BCUT2D eigenvalue weighted by Crippen LogP contribution is -2.39. The first-order valence-corrected chi connectivity index (χ1v) is 5.10. The standard InChI is InChI=1S/C12H14FNO3/c1-7-6-9(4-5-10(7)13)11(15)14-8(2)12(16)17-3/h4-6,8H,1-3H3,(H,14,15). The van der Waals surface area contributed by atoms with Crippen LogP contribution in [0.2, 0.25) is 0 Å². The Morgan fingerprint density at radius 2 is 2.06 bits per heavy atom. The lowest BCUT2D eigenvalue weighted by atomic mass is 10.1. The van der Waals surface area contributed by atoms with Gasteiger partial charge < -0.3 is 10.1 Å². The summed E-state index contributed by atoms with van der Waals surface area (Å²) in [7, 11) is 1.24. The smallest absolute Gasteiger partial charge is 0.328 e. The number of aryl methyl sites for hydroxylation is 1. The number of amides is 1. The molecule has 0 aliphatic heterocycles. The monoisotopic (exact) mass is 239 g/mol. The molecule has 1 unspecified atom stereocenters. The molecule has 0 saturated carbocycles. The third kappa shape index (κ3) is 3.27. The quantitative estimate of drug-likeness (QED) is 0.812. The maximum absolute atomic E-state index is 13.0. The third-order valence-corrected chi connectivity index (χ3v) is 2.32. The molecular formula is C12H14FNO3. The Bertz CT molecular complexity index is 445. The Morgan fingerprint density at radius 1 is 1.41 bits per heavy atom. The van der Waals surface area contributed by atoms with Crippen LogP contribution in [0.25, 0.3) is 0 Å². The molecule has 1 N–H and O–H groups in total. The first-order chi connectivity index (χ1) is 7.95. The summed E-state index contributed by atoms with van der Waals surface area (Å²) in [6.07, 6.45) is 0. The average Bonchev–Trinajstić information content (AvgIpc) is 2.31. The van der Waals surface area contributed by atoms with E-state index in [-0.39, 0.29) is 5.82 Å². The molecule has 5 heteroatoms. The van der Waals surface area contributed by atoms with Crippen LogP contribution < -0.4 is 5.32 Å². The number of esters is 1. The van der Waals surface area contributed by atoms with Crippen molar-refractivity contribution in [3.63, 3.8) is 0 Å². The van der Waals surface area contributed by atoms with Gasteiger partial charge in [0.2, 0.25) is 0 Å². The first kappa shape index (κ1) is 13.2. The molecule has 0 aliphatic carbocycles. The molecule has 1 aromatic rings. The molecule has 1 atom stereocenters. The van der Waals surface area contributed by atoms with Crippen LogP contribution in [0.3, 0.4) is 0 Å². The van der Waals surface area contributed by atoms with Gasteiger partial charge in [-0.2, -0.15) is 0 Å². The van der Waals surface area contributed by atoms with Crippen molar-refractivity contribution in [3.05, 3.63) is 35.1 Å². The van der Waals surface area contributed by atoms with Crippen LogP contribution in [-0.2, 0) is 9.53 Å². The molecule has 0 radical (unpaired) electrons. The number of ether oxygens (including phenoxy) is 1. The van der Waals surface area contributed by atoms with E-state index < -0.39 is 17.9 Å². The van der Waals surface area contributed by atoms with E-state index in [0.29, 0.717) is 11.1 Å². The van der Waals surface area contributed by atoms with Crippen molar-refractivity contribution in [2.45, 2.75) is 19.9 Å². The molecule has 0 heterocycles. The van der Waals surface area contributed by atoms with Crippen molar-refractivity contribution in [1.29, 1.82) is 0 Å². The number of halogens is 1. The maximum Gasteiger partial charge on any atom is 0.328 e. The van der Waals surface area contributed by atoms with Gasteiger partial charge in [0.1, 0.15) is 11.9 Å². The zero-order valence-electron chi connectivity index (χ0n) is 9.91. The van der Waals surface area contributed by atoms with Gasteiger partial charge in [-0.05, 0) is 37.6 Å². The zero-order valence-corrected chi connectivity index (χ0v) is 9.91. The largest absolute Gasteiger partial charge is 0.467 e. The van der Waals surface area contributed by atoms with Crippen LogP contribution in [0.4, 0.5) is 4.39 Å². The molecule has 0 bridgehead atoms. The van der Waals surface area contributed by atoms with E-state index in [1.165, 1.54) is 32.2 Å². The Hall–Kier alpha value is -1.91. The van der Waals surface area contributed by atoms with Crippen molar-refractivity contribution < 1.29 is 18.7 Å². The highest BCUT2D eigenvalue weighted by Gasteiger charge is 2.17. The van der Waals surface area contributed by atoms with Gasteiger partial charge in [0.15, 0.2) is 0 Å². The van der Waals surface area contributed by atoms with Crippen LogP contribution in [0.1, 0.15) is 22.8 Å². The molecule has 4 nitrogen and oxygen atoms in total. The third-order valence-electron chi connectivity index (χ3n) is 2.32. The van der Waals surface area contributed by atoms with E-state index >= 15 is 0 Å². The van der Waals surface area contributed by atoms with Crippen molar-refractivity contribution in [1.82, 2.24) is 5.32 Å². The second kappa shape index (κ2) is 5.43. The minimum atomic E-state index is -0.738. The van der Waals surface area contributed by atoms with E-state index in [4.69, 9.17) is 0 Å². The summed E-state index contributed by atoms with van der Waals surface area (Å²) in [4.78, 5) is 22.8. The summed E-state index contributed by atoms with van der Waals surface area (Å²) < 4.78 is 17.5. The van der Waals surface area contributed by atoms with Crippen LogP contribution in [0.15, 0.2) is 18.2 Å². The summed E-state index contributed by atoms with van der Waals surface area (Å²) in [5.74, 6) is -1.34. The van der Waals surface area contributed by atoms with Crippen LogP contribution in [0.5, 0.6) is 0 Å². The molecule has 0 saturated heterocycles. The highest BCUT2D eigenvalue weighted by atomic mass is 19.1. The molecule has 0 fully saturated rings. The zero-order chi connectivity index (χ0) is 13.0. The van der Waals surface area contributed by atoms with Crippen molar-refractivity contribution >= 4 is 11.9 Å². The molecule has 0 aliphatic rings. The van der Waals surface area contributed by atoms with Gasteiger partial charge in [-0.3, -0.25) is 4.79 Å². The number of methoxy groups -OCH3 is 1. The number of hydrogen-bond acceptors (Lipinski definition) is 3. The van der Waals surface area contributed by atoms with Crippen molar-refractivity contribution in [3.8, 4) is 0 Å². The highest BCUT2D eigenvalue weighted by molar-refractivity contribution is 5.96. The average molecular weight is 239 g/mol. The molecule has 17 heavy (non-hydrogen) atoms. The van der Waals surface area contributed by atoms with E-state index in [1.807, 2.05) is 0 Å². The van der Waals surface area contributed by atoms with Gasteiger partial charge in [0, 0.05) is 5.56 Å². The summed E-state index contributed by atoms with van der Waals surface area (Å²) in [6.45, 7) is 3.08. The minimum Gasteiger partial charge on any atom is -0.467 e. The number of carbonyl (C=O) groups excluding carboxylic acids is 2. The molecular weight excluding hydrogens is 225 g/mol. The number of hydrogen-bond donors (Lipinski definition) is 1. The maximum atomic E-state index is 13.0. The Labute approximate surface area is 98.8 Å². The number of benzene rings is 1. The highest BCUT2D eigenvalue weighted by Crippen LogP contribution is 2.09. The summed E-state index contributed by atoms with van der Waals surface area (Å²) in [5.41, 5.74) is 0.683. The Morgan fingerprint density at radius 3 is 2.59 bits per heavy atom. The van der Waals surface area contributed by atoms with Gasteiger partial charge in [-0.15, -0.1) is 0 Å². The predicted molar refractivity (Wildman–Crippen MR) is 60.1 cm³/mol. The van der Waals surface area contributed by atoms with Gasteiger partial charge in [0.25, 0.3) is 5.91 Å². The summed E-state index contributed by atoms with van der Waals surface area (Å²) in [5, 5.41) is 2.46. The molecule has 92 valence electrons. The number of carbonyl (C=O) groups is 2. The van der Waals surface area contributed by atoms with Gasteiger partial charge in [-0.25, -0.2) is 9.18 Å². The van der Waals surface area contributed by atoms with E-state index in [0.717, 1.165) is 0 Å². The van der Waals surface area contributed by atoms with Crippen LogP contribution in [0, 0.1) is 12.7 Å². The summed E-state index contributed by atoms with van der Waals surface area (Å²) in [6, 6.07) is 3.27. The van der Waals surface area contributed by atoms with E-state index in [1.54, 1.807) is 6.92 Å². The normalized spacial score (nSPS) is 11.8. The van der Waals surface area contributed by atoms with Gasteiger partial charge in [-0.1, -0.05) is 0 Å². The first-order valence-electron chi connectivity index (χ1n) is 5.10. The number of rotatable bonds is 3. The fraction of sp³-hybridized carbons (Fsp3) is 0.333. The van der Waals surface area contributed by atoms with Crippen molar-refractivity contribution in [2.24, 2.45) is 0 Å². The van der Waals surface area contributed by atoms with Gasteiger partial charge >= 0.3 is 5.97 Å². The Kier molecular flexibility index (Phi) is 4.20. The number of nitrogens with one attached hydrogen (secondary N) is 1. The fourth-order valence-corrected chi connectivity index (χ4v) is 1.30.